The van der Waals surface area contributed by atoms with E-state index in [0.29, 0.717) is 0 Å². The highest BCUT2D eigenvalue weighted by Gasteiger charge is 2.17. The van der Waals surface area contributed by atoms with E-state index in [1.807, 2.05) is 0 Å². The van der Waals surface area contributed by atoms with E-state index in [0.717, 1.165) is 62.4 Å². The molecule has 34 heavy (non-hydrogen) atoms. The van der Waals surface area contributed by atoms with E-state index >= 15 is 0 Å². The Morgan fingerprint density at radius 1 is 0.706 bits per heavy atom. The number of aromatic amines is 1. The molecule has 0 spiro atoms. The first kappa shape index (κ1) is 20.9. The molecule has 0 radical (unpaired) electrons. The van der Waals surface area contributed by atoms with Crippen LogP contribution in [0.2, 0.25) is 0 Å². The van der Waals surface area contributed by atoms with Crippen LogP contribution in [0.5, 0.6) is 0 Å². The van der Waals surface area contributed by atoms with Crippen molar-refractivity contribution in [1.82, 2.24) is 14.9 Å². The zero-order chi connectivity index (χ0) is 22.7. The minimum absolute atomic E-state index is 0.820. The fourth-order valence-corrected chi connectivity index (χ4v) is 5.05. The number of H-pyrrole nitrogens is 1. The van der Waals surface area contributed by atoms with E-state index < -0.39 is 0 Å². The van der Waals surface area contributed by atoms with E-state index in [4.69, 9.17) is 4.98 Å². The van der Waals surface area contributed by atoms with E-state index in [-0.39, 0.29) is 0 Å². The molecular formula is C30H30N4. The largest absolute Gasteiger partial charge is 0.369 e. The molecule has 1 aromatic heterocycles. The molecule has 6 rings (SSSR count). The summed E-state index contributed by atoms with van der Waals surface area (Å²) in [7, 11) is 0. The van der Waals surface area contributed by atoms with Gasteiger partial charge in [-0.2, -0.15) is 0 Å². The number of hydrogen-bond acceptors (Lipinski definition) is 3. The number of piperazine rings is 1. The van der Waals surface area contributed by atoms with Crippen molar-refractivity contribution in [3.63, 3.8) is 0 Å². The molecule has 0 saturated carbocycles. The van der Waals surface area contributed by atoms with Crippen molar-refractivity contribution in [2.75, 3.05) is 37.6 Å². The Hall–Kier alpha value is -3.63. The maximum Gasteiger partial charge on any atom is 0.111 e. The standard InChI is InChI=1S/C30H30N4/c1-2-8-27(9-3-1)34-18-16-33(17-19-34)15-14-23-11-13-28-29(21-23)32-30(31-28)22-24-10-12-25-6-4-5-7-26(25)20-24/h1-13,20-21H,14-19,22H2,(H,31,32). The van der Waals surface area contributed by atoms with Crippen LogP contribution in [-0.4, -0.2) is 47.6 Å². The number of nitrogens with one attached hydrogen (secondary N) is 1. The summed E-state index contributed by atoms with van der Waals surface area (Å²) in [5.41, 5.74) is 6.19. The van der Waals surface area contributed by atoms with Gasteiger partial charge in [0.1, 0.15) is 5.82 Å². The lowest BCUT2D eigenvalue weighted by Crippen LogP contribution is -2.46. The monoisotopic (exact) mass is 446 g/mol. The highest BCUT2D eigenvalue weighted by Crippen LogP contribution is 2.20. The first-order chi connectivity index (χ1) is 16.8. The Bertz CT molecular complexity index is 1400. The molecule has 4 heteroatoms. The molecule has 1 saturated heterocycles. The Morgan fingerprint density at radius 3 is 2.32 bits per heavy atom. The van der Waals surface area contributed by atoms with Gasteiger partial charge in [0.2, 0.25) is 0 Å². The summed E-state index contributed by atoms with van der Waals surface area (Å²) in [5.74, 6) is 1.03. The van der Waals surface area contributed by atoms with E-state index in [1.54, 1.807) is 0 Å². The quantitative estimate of drug-likeness (QED) is 0.365. The molecule has 1 fully saturated rings. The average Bonchev–Trinajstić information content (AvgIpc) is 3.30. The zero-order valence-corrected chi connectivity index (χ0v) is 19.5. The molecule has 170 valence electrons. The lowest BCUT2D eigenvalue weighted by molar-refractivity contribution is 0.261. The van der Waals surface area contributed by atoms with Crippen molar-refractivity contribution in [2.24, 2.45) is 0 Å². The summed E-state index contributed by atoms with van der Waals surface area (Å²) in [5, 5.41) is 2.56. The van der Waals surface area contributed by atoms with Crippen LogP contribution in [-0.2, 0) is 12.8 Å². The van der Waals surface area contributed by atoms with Gasteiger partial charge in [-0.15, -0.1) is 0 Å². The van der Waals surface area contributed by atoms with Crippen LogP contribution in [0, 0.1) is 0 Å². The van der Waals surface area contributed by atoms with Gasteiger partial charge in [-0.3, -0.25) is 4.90 Å². The van der Waals surface area contributed by atoms with Gasteiger partial charge in [-0.1, -0.05) is 66.7 Å². The lowest BCUT2D eigenvalue weighted by atomic mass is 10.1. The maximum atomic E-state index is 4.84. The number of anilines is 1. The molecule has 1 N–H and O–H groups in total. The Morgan fingerprint density at radius 2 is 1.47 bits per heavy atom. The summed E-state index contributed by atoms with van der Waals surface area (Å²) in [6, 6.07) is 32.6. The number of hydrogen-bond donors (Lipinski definition) is 1. The van der Waals surface area contributed by atoms with Gasteiger partial charge < -0.3 is 9.88 Å². The maximum absolute atomic E-state index is 4.84. The smallest absolute Gasteiger partial charge is 0.111 e. The van der Waals surface area contributed by atoms with Crippen molar-refractivity contribution in [1.29, 1.82) is 0 Å². The van der Waals surface area contributed by atoms with Crippen LogP contribution in [0.15, 0.2) is 91.0 Å². The van der Waals surface area contributed by atoms with Gasteiger partial charge in [0, 0.05) is 44.8 Å². The highest BCUT2D eigenvalue weighted by molar-refractivity contribution is 5.83. The van der Waals surface area contributed by atoms with Crippen molar-refractivity contribution in [3.05, 3.63) is 108 Å². The predicted molar refractivity (Wildman–Crippen MR) is 142 cm³/mol. The van der Waals surface area contributed by atoms with Crippen molar-refractivity contribution in [3.8, 4) is 0 Å². The second kappa shape index (κ2) is 9.32. The first-order valence-electron chi connectivity index (χ1n) is 12.3. The van der Waals surface area contributed by atoms with Gasteiger partial charge in [0.25, 0.3) is 0 Å². The summed E-state index contributed by atoms with van der Waals surface area (Å²) < 4.78 is 0. The Labute approximate surface area is 200 Å². The van der Waals surface area contributed by atoms with E-state index in [1.165, 1.54) is 27.6 Å². The molecule has 0 unspecified atom stereocenters. The minimum atomic E-state index is 0.820. The van der Waals surface area contributed by atoms with Gasteiger partial charge in [0.15, 0.2) is 0 Å². The summed E-state index contributed by atoms with van der Waals surface area (Å²) in [4.78, 5) is 13.5. The number of benzene rings is 4. The third-order valence-corrected chi connectivity index (χ3v) is 6.99. The number of fused-ring (bicyclic) bond motifs is 2. The molecule has 1 aliphatic heterocycles. The van der Waals surface area contributed by atoms with Crippen molar-refractivity contribution >= 4 is 27.5 Å². The normalized spacial score (nSPS) is 14.8. The summed E-state index contributed by atoms with van der Waals surface area (Å²) in [6.45, 7) is 5.55. The molecule has 0 atom stereocenters. The lowest BCUT2D eigenvalue weighted by Gasteiger charge is -2.36. The SMILES string of the molecule is c1ccc(N2CCN(CCc3ccc4nc(Cc5ccc6ccccc6c5)[nH]c4c3)CC2)cc1. The summed E-state index contributed by atoms with van der Waals surface area (Å²) >= 11 is 0. The van der Waals surface area contributed by atoms with Gasteiger partial charge >= 0.3 is 0 Å². The predicted octanol–water partition coefficient (Wildman–Crippen LogP) is 5.67. The van der Waals surface area contributed by atoms with Crippen LogP contribution >= 0.6 is 0 Å². The molecule has 0 bridgehead atoms. The van der Waals surface area contributed by atoms with Gasteiger partial charge in [-0.05, 0) is 52.6 Å². The first-order valence-corrected chi connectivity index (χ1v) is 12.3. The summed E-state index contributed by atoms with van der Waals surface area (Å²) in [6.07, 6.45) is 1.89. The number of nitrogens with zero attached hydrogens (tertiary/aromatic N) is 3. The van der Waals surface area contributed by atoms with E-state index in [2.05, 4.69) is 106 Å². The fraction of sp³-hybridized carbons (Fsp3) is 0.233. The second-order valence-corrected chi connectivity index (χ2v) is 9.31. The molecule has 2 heterocycles. The zero-order valence-electron chi connectivity index (χ0n) is 19.5. The second-order valence-electron chi connectivity index (χ2n) is 9.31. The highest BCUT2D eigenvalue weighted by atomic mass is 15.3. The molecule has 5 aromatic rings. The van der Waals surface area contributed by atoms with Crippen molar-refractivity contribution in [2.45, 2.75) is 12.8 Å². The molecule has 0 aliphatic carbocycles. The Balaban J connectivity index is 1.08. The number of rotatable bonds is 6. The molecule has 1 aliphatic rings. The fourth-order valence-electron chi connectivity index (χ4n) is 5.05. The Kier molecular flexibility index (Phi) is 5.74. The van der Waals surface area contributed by atoms with Crippen LogP contribution in [0.1, 0.15) is 17.0 Å². The minimum Gasteiger partial charge on any atom is -0.369 e. The third-order valence-electron chi connectivity index (χ3n) is 6.99. The average molecular weight is 447 g/mol. The van der Waals surface area contributed by atoms with Gasteiger partial charge in [0.05, 0.1) is 11.0 Å². The topological polar surface area (TPSA) is 35.2 Å². The van der Waals surface area contributed by atoms with Crippen molar-refractivity contribution < 1.29 is 0 Å². The van der Waals surface area contributed by atoms with Crippen LogP contribution in [0.4, 0.5) is 5.69 Å². The molecule has 4 aromatic carbocycles. The molecular weight excluding hydrogens is 416 g/mol. The van der Waals surface area contributed by atoms with Crippen LogP contribution < -0.4 is 4.90 Å². The molecule has 4 nitrogen and oxygen atoms in total. The number of para-hydroxylation sites is 1. The number of aromatic nitrogens is 2. The van der Waals surface area contributed by atoms with Crippen LogP contribution in [0.25, 0.3) is 21.8 Å². The number of imidazole rings is 1. The third kappa shape index (κ3) is 4.55. The van der Waals surface area contributed by atoms with Gasteiger partial charge in [-0.25, -0.2) is 4.98 Å². The molecule has 0 amide bonds. The van der Waals surface area contributed by atoms with E-state index in [9.17, 15) is 0 Å². The van der Waals surface area contributed by atoms with Crippen LogP contribution in [0.3, 0.4) is 0 Å².